The normalized spacial score (nSPS) is 10.1. The number of halogens is 1. The predicted octanol–water partition coefficient (Wildman–Crippen LogP) is 3.23. The minimum Gasteiger partial charge on any atom is -0.352 e. The summed E-state index contributed by atoms with van der Waals surface area (Å²) in [6.07, 6.45) is 2.62. The molecule has 0 saturated carbocycles. The second kappa shape index (κ2) is 7.29. The Bertz CT molecular complexity index is 338. The zero-order chi connectivity index (χ0) is 11.8. The van der Waals surface area contributed by atoms with Crippen LogP contribution < -0.4 is 5.32 Å². The largest absolute Gasteiger partial charge is 0.352 e. The summed E-state index contributed by atoms with van der Waals surface area (Å²) in [7, 11) is 0. The number of hydrogen-bond acceptors (Lipinski definition) is 1. The molecule has 1 aromatic rings. The number of carbonyl (C=O) groups is 1. The molecule has 0 saturated heterocycles. The number of carbonyl (C=O) groups excluding carboxylic acids is 1. The third kappa shape index (κ3) is 4.67. The lowest BCUT2D eigenvalue weighted by molar-refractivity contribution is -0.121. The number of benzene rings is 1. The van der Waals surface area contributed by atoms with Gasteiger partial charge in [0.2, 0.25) is 5.91 Å². The fourth-order valence-corrected chi connectivity index (χ4v) is 1.62. The second-order valence-corrected chi connectivity index (χ2v) is 4.10. The molecule has 3 heteroatoms. The zero-order valence-electron chi connectivity index (χ0n) is 9.63. The predicted molar refractivity (Wildman–Crippen MR) is 67.4 cm³/mol. The molecule has 0 radical (unpaired) electrons. The Hall–Kier alpha value is -1.02. The van der Waals surface area contributed by atoms with Crippen molar-refractivity contribution in [1.82, 2.24) is 5.32 Å². The topological polar surface area (TPSA) is 29.1 Å². The maximum Gasteiger partial charge on any atom is 0.220 e. The highest BCUT2D eigenvalue weighted by Gasteiger charge is 2.00. The molecule has 0 spiro atoms. The molecular formula is C13H18ClNO. The summed E-state index contributed by atoms with van der Waals surface area (Å²) in [5, 5.41) is 2.90. The molecule has 0 atom stereocenters. The van der Waals surface area contributed by atoms with Gasteiger partial charge in [-0.1, -0.05) is 37.6 Å². The standard InChI is InChI=1S/C13H18ClNO/c1-2-3-7-13(16)15-10-12-6-4-5-11(8-12)9-14/h4-6,8H,2-3,7,9-10H2,1H3,(H,15,16). The Morgan fingerprint density at radius 1 is 1.38 bits per heavy atom. The molecule has 0 aromatic heterocycles. The number of alkyl halides is 1. The van der Waals surface area contributed by atoms with E-state index >= 15 is 0 Å². The van der Waals surface area contributed by atoms with Crippen molar-refractivity contribution in [3.05, 3.63) is 35.4 Å². The van der Waals surface area contributed by atoms with Crippen LogP contribution in [0.25, 0.3) is 0 Å². The van der Waals surface area contributed by atoms with E-state index in [1.807, 2.05) is 24.3 Å². The van der Waals surface area contributed by atoms with Crippen molar-refractivity contribution in [3.8, 4) is 0 Å². The van der Waals surface area contributed by atoms with E-state index in [9.17, 15) is 4.79 Å². The van der Waals surface area contributed by atoms with Crippen LogP contribution >= 0.6 is 11.6 Å². The van der Waals surface area contributed by atoms with Gasteiger partial charge < -0.3 is 5.32 Å². The first-order chi connectivity index (χ1) is 7.76. The van der Waals surface area contributed by atoms with Crippen molar-refractivity contribution in [2.75, 3.05) is 0 Å². The molecule has 2 nitrogen and oxygen atoms in total. The quantitative estimate of drug-likeness (QED) is 0.759. The maximum atomic E-state index is 11.4. The molecule has 0 bridgehead atoms. The SMILES string of the molecule is CCCCC(=O)NCc1cccc(CCl)c1. The van der Waals surface area contributed by atoms with Gasteiger partial charge in [0, 0.05) is 18.8 Å². The van der Waals surface area contributed by atoms with Crippen molar-refractivity contribution in [1.29, 1.82) is 0 Å². The van der Waals surface area contributed by atoms with Crippen LogP contribution in [0.5, 0.6) is 0 Å². The Balaban J connectivity index is 2.38. The van der Waals surface area contributed by atoms with E-state index in [-0.39, 0.29) is 5.91 Å². The Morgan fingerprint density at radius 2 is 2.12 bits per heavy atom. The first-order valence-corrected chi connectivity index (χ1v) is 6.20. The van der Waals surface area contributed by atoms with Gasteiger partial charge >= 0.3 is 0 Å². The highest BCUT2D eigenvalue weighted by Crippen LogP contribution is 2.07. The minimum absolute atomic E-state index is 0.123. The fourth-order valence-electron chi connectivity index (χ4n) is 1.45. The number of nitrogens with one attached hydrogen (secondary N) is 1. The molecule has 1 aromatic carbocycles. The van der Waals surface area contributed by atoms with E-state index in [0.717, 1.165) is 24.0 Å². The molecule has 1 N–H and O–H groups in total. The average Bonchev–Trinajstić information content (AvgIpc) is 2.34. The van der Waals surface area contributed by atoms with Crippen LogP contribution in [0.3, 0.4) is 0 Å². The average molecular weight is 240 g/mol. The van der Waals surface area contributed by atoms with Gasteiger partial charge in [-0.2, -0.15) is 0 Å². The lowest BCUT2D eigenvalue weighted by Crippen LogP contribution is -2.22. The molecule has 16 heavy (non-hydrogen) atoms. The summed E-state index contributed by atoms with van der Waals surface area (Å²) in [5.74, 6) is 0.635. The smallest absolute Gasteiger partial charge is 0.220 e. The van der Waals surface area contributed by atoms with Gasteiger partial charge in [-0.15, -0.1) is 11.6 Å². The summed E-state index contributed by atoms with van der Waals surface area (Å²) in [4.78, 5) is 11.4. The molecular weight excluding hydrogens is 222 g/mol. The minimum atomic E-state index is 0.123. The molecule has 0 aliphatic carbocycles. The van der Waals surface area contributed by atoms with Crippen LogP contribution in [0.1, 0.15) is 37.3 Å². The second-order valence-electron chi connectivity index (χ2n) is 3.83. The van der Waals surface area contributed by atoms with E-state index in [4.69, 9.17) is 11.6 Å². The van der Waals surface area contributed by atoms with Crippen molar-refractivity contribution < 1.29 is 4.79 Å². The number of rotatable bonds is 6. The van der Waals surface area contributed by atoms with Crippen LogP contribution in [-0.4, -0.2) is 5.91 Å². The third-order valence-corrected chi connectivity index (χ3v) is 2.70. The highest BCUT2D eigenvalue weighted by molar-refractivity contribution is 6.17. The Morgan fingerprint density at radius 3 is 2.81 bits per heavy atom. The first kappa shape index (κ1) is 13.0. The van der Waals surface area contributed by atoms with E-state index in [0.29, 0.717) is 18.8 Å². The van der Waals surface area contributed by atoms with Crippen molar-refractivity contribution in [2.45, 2.75) is 38.6 Å². The summed E-state index contributed by atoms with van der Waals surface area (Å²) >= 11 is 5.74. The molecule has 0 aliphatic heterocycles. The van der Waals surface area contributed by atoms with Gasteiger partial charge in [0.15, 0.2) is 0 Å². The first-order valence-electron chi connectivity index (χ1n) is 5.66. The number of hydrogen-bond donors (Lipinski definition) is 1. The summed E-state index contributed by atoms with van der Waals surface area (Å²) < 4.78 is 0. The van der Waals surface area contributed by atoms with E-state index < -0.39 is 0 Å². The maximum absolute atomic E-state index is 11.4. The van der Waals surface area contributed by atoms with Gasteiger partial charge in [0.25, 0.3) is 0 Å². The van der Waals surface area contributed by atoms with Gasteiger partial charge in [0.1, 0.15) is 0 Å². The van der Waals surface area contributed by atoms with Crippen LogP contribution in [0, 0.1) is 0 Å². The van der Waals surface area contributed by atoms with Crippen molar-refractivity contribution in [3.63, 3.8) is 0 Å². The Kier molecular flexibility index (Phi) is 5.94. The van der Waals surface area contributed by atoms with Crippen molar-refractivity contribution >= 4 is 17.5 Å². The van der Waals surface area contributed by atoms with Crippen LogP contribution in [0.15, 0.2) is 24.3 Å². The zero-order valence-corrected chi connectivity index (χ0v) is 10.4. The highest BCUT2D eigenvalue weighted by atomic mass is 35.5. The summed E-state index contributed by atoms with van der Waals surface area (Å²) in [6.45, 7) is 2.67. The van der Waals surface area contributed by atoms with Crippen LogP contribution in [0.4, 0.5) is 0 Å². The van der Waals surface area contributed by atoms with E-state index in [1.54, 1.807) is 0 Å². The van der Waals surface area contributed by atoms with Crippen molar-refractivity contribution in [2.24, 2.45) is 0 Å². The lowest BCUT2D eigenvalue weighted by atomic mass is 10.1. The van der Waals surface area contributed by atoms with E-state index in [2.05, 4.69) is 12.2 Å². The number of unbranched alkanes of at least 4 members (excludes halogenated alkanes) is 1. The lowest BCUT2D eigenvalue weighted by Gasteiger charge is -2.06. The van der Waals surface area contributed by atoms with Crippen LogP contribution in [-0.2, 0) is 17.2 Å². The van der Waals surface area contributed by atoms with Gasteiger partial charge in [-0.05, 0) is 17.5 Å². The van der Waals surface area contributed by atoms with E-state index in [1.165, 1.54) is 0 Å². The van der Waals surface area contributed by atoms with Gasteiger partial charge in [-0.25, -0.2) is 0 Å². The Labute approximate surface area is 102 Å². The van der Waals surface area contributed by atoms with Gasteiger partial charge in [-0.3, -0.25) is 4.79 Å². The van der Waals surface area contributed by atoms with Crippen LogP contribution in [0.2, 0.25) is 0 Å². The molecule has 0 heterocycles. The monoisotopic (exact) mass is 239 g/mol. The molecule has 1 rings (SSSR count). The molecule has 0 unspecified atom stereocenters. The van der Waals surface area contributed by atoms with Gasteiger partial charge in [0.05, 0.1) is 0 Å². The number of amides is 1. The molecule has 0 aliphatic rings. The third-order valence-electron chi connectivity index (χ3n) is 2.39. The molecule has 1 amide bonds. The molecule has 0 fully saturated rings. The summed E-state index contributed by atoms with van der Waals surface area (Å²) in [5.41, 5.74) is 2.19. The fraction of sp³-hybridized carbons (Fsp3) is 0.462. The summed E-state index contributed by atoms with van der Waals surface area (Å²) in [6, 6.07) is 7.96. The molecule has 88 valence electrons.